The zero-order valence-corrected chi connectivity index (χ0v) is 11.5. The summed E-state index contributed by atoms with van der Waals surface area (Å²) in [6, 6.07) is 11.1. The monoisotopic (exact) mass is 271 g/mol. The summed E-state index contributed by atoms with van der Waals surface area (Å²) in [6.07, 6.45) is 1.60. The first-order chi connectivity index (χ1) is 9.69. The Balaban J connectivity index is 2.08. The Kier molecular flexibility index (Phi) is 3.45. The van der Waals surface area contributed by atoms with Gasteiger partial charge in [-0.2, -0.15) is 0 Å². The fourth-order valence-corrected chi connectivity index (χ4v) is 2.82. The maximum atomic E-state index is 13.9. The van der Waals surface area contributed by atoms with Gasteiger partial charge in [0.05, 0.1) is 0 Å². The molecule has 2 aromatic carbocycles. The van der Waals surface area contributed by atoms with Gasteiger partial charge in [-0.3, -0.25) is 0 Å². The Morgan fingerprint density at radius 2 is 2.05 bits per heavy atom. The SMILES string of the molecule is Cc1ccccc1-c1cc(F)cc2c1OC(CCN)C2. The summed E-state index contributed by atoms with van der Waals surface area (Å²) < 4.78 is 19.9. The smallest absolute Gasteiger partial charge is 0.131 e. The van der Waals surface area contributed by atoms with Crippen LogP contribution < -0.4 is 10.5 Å². The standard InChI is InChI=1S/C17H18FNO/c1-11-4-2-3-5-15(11)16-10-13(18)8-12-9-14(6-7-19)20-17(12)16/h2-5,8,10,14H,6-7,9,19H2,1H3. The molecule has 104 valence electrons. The van der Waals surface area contributed by atoms with Crippen LogP contribution in [-0.4, -0.2) is 12.6 Å². The lowest BCUT2D eigenvalue weighted by Gasteiger charge is -2.13. The van der Waals surface area contributed by atoms with Crippen molar-refractivity contribution in [3.05, 3.63) is 53.3 Å². The van der Waals surface area contributed by atoms with E-state index in [1.165, 1.54) is 0 Å². The van der Waals surface area contributed by atoms with E-state index in [9.17, 15) is 4.39 Å². The van der Waals surface area contributed by atoms with Crippen molar-refractivity contribution in [3.63, 3.8) is 0 Å². The maximum absolute atomic E-state index is 13.9. The fraction of sp³-hybridized carbons (Fsp3) is 0.294. The minimum absolute atomic E-state index is 0.0690. The summed E-state index contributed by atoms with van der Waals surface area (Å²) >= 11 is 0. The van der Waals surface area contributed by atoms with E-state index in [4.69, 9.17) is 10.5 Å². The molecule has 0 fully saturated rings. The normalized spacial score (nSPS) is 16.9. The summed E-state index contributed by atoms with van der Waals surface area (Å²) in [4.78, 5) is 0. The molecule has 3 heteroatoms. The van der Waals surface area contributed by atoms with Crippen LogP contribution in [0.1, 0.15) is 17.5 Å². The molecule has 20 heavy (non-hydrogen) atoms. The third-order valence-electron chi connectivity index (χ3n) is 3.79. The van der Waals surface area contributed by atoms with Gasteiger partial charge in [-0.05, 0) is 43.1 Å². The van der Waals surface area contributed by atoms with Gasteiger partial charge in [0.1, 0.15) is 17.7 Å². The van der Waals surface area contributed by atoms with E-state index in [0.29, 0.717) is 6.54 Å². The number of fused-ring (bicyclic) bond motifs is 1. The van der Waals surface area contributed by atoms with Crippen LogP contribution in [0.4, 0.5) is 4.39 Å². The van der Waals surface area contributed by atoms with Crippen molar-refractivity contribution in [3.8, 4) is 16.9 Å². The van der Waals surface area contributed by atoms with Crippen molar-refractivity contribution >= 4 is 0 Å². The zero-order chi connectivity index (χ0) is 14.1. The second-order valence-electron chi connectivity index (χ2n) is 5.28. The topological polar surface area (TPSA) is 35.2 Å². The Morgan fingerprint density at radius 1 is 1.25 bits per heavy atom. The highest BCUT2D eigenvalue weighted by Crippen LogP contribution is 2.41. The predicted molar refractivity (Wildman–Crippen MR) is 78.4 cm³/mol. The molecule has 0 saturated heterocycles. The first-order valence-electron chi connectivity index (χ1n) is 6.94. The van der Waals surface area contributed by atoms with Crippen LogP contribution in [0, 0.1) is 12.7 Å². The Morgan fingerprint density at radius 3 is 2.80 bits per heavy atom. The second kappa shape index (κ2) is 5.25. The van der Waals surface area contributed by atoms with E-state index >= 15 is 0 Å². The summed E-state index contributed by atoms with van der Waals surface area (Å²) in [5.74, 6) is 0.609. The molecule has 2 nitrogen and oxygen atoms in total. The lowest BCUT2D eigenvalue weighted by atomic mass is 9.97. The molecule has 1 unspecified atom stereocenters. The minimum Gasteiger partial charge on any atom is -0.489 e. The lowest BCUT2D eigenvalue weighted by Crippen LogP contribution is -2.17. The molecule has 0 bridgehead atoms. The highest BCUT2D eigenvalue weighted by atomic mass is 19.1. The predicted octanol–water partition coefficient (Wildman–Crippen LogP) is 3.45. The maximum Gasteiger partial charge on any atom is 0.131 e. The van der Waals surface area contributed by atoms with E-state index in [1.54, 1.807) is 12.1 Å². The third-order valence-corrected chi connectivity index (χ3v) is 3.79. The molecule has 2 N–H and O–H groups in total. The molecule has 0 aromatic heterocycles. The molecule has 0 radical (unpaired) electrons. The average molecular weight is 271 g/mol. The number of rotatable bonds is 3. The number of nitrogens with two attached hydrogens (primary N) is 1. The molecular weight excluding hydrogens is 253 g/mol. The van der Waals surface area contributed by atoms with Gasteiger partial charge < -0.3 is 10.5 Å². The van der Waals surface area contributed by atoms with Gasteiger partial charge in [-0.25, -0.2) is 4.39 Å². The van der Waals surface area contributed by atoms with Crippen LogP contribution in [0.5, 0.6) is 5.75 Å². The Hall–Kier alpha value is -1.87. The summed E-state index contributed by atoms with van der Waals surface area (Å²) in [7, 11) is 0. The van der Waals surface area contributed by atoms with Gasteiger partial charge in [-0.1, -0.05) is 24.3 Å². The van der Waals surface area contributed by atoms with Gasteiger partial charge in [0.2, 0.25) is 0 Å². The van der Waals surface area contributed by atoms with E-state index in [0.717, 1.165) is 40.8 Å². The van der Waals surface area contributed by atoms with Gasteiger partial charge in [0.25, 0.3) is 0 Å². The quantitative estimate of drug-likeness (QED) is 0.928. The largest absolute Gasteiger partial charge is 0.489 e. The molecule has 1 atom stereocenters. The van der Waals surface area contributed by atoms with Gasteiger partial charge >= 0.3 is 0 Å². The second-order valence-corrected chi connectivity index (χ2v) is 5.28. The summed E-state index contributed by atoms with van der Waals surface area (Å²) in [5, 5.41) is 0. The first kappa shape index (κ1) is 13.1. The van der Waals surface area contributed by atoms with Crippen LogP contribution in [0.25, 0.3) is 11.1 Å². The minimum atomic E-state index is -0.209. The number of hydrogen-bond acceptors (Lipinski definition) is 2. The van der Waals surface area contributed by atoms with E-state index in [1.807, 2.05) is 31.2 Å². The zero-order valence-electron chi connectivity index (χ0n) is 11.5. The molecule has 2 aromatic rings. The number of hydrogen-bond donors (Lipinski definition) is 1. The van der Waals surface area contributed by atoms with Crippen molar-refractivity contribution in [2.24, 2.45) is 5.73 Å². The number of benzene rings is 2. The van der Waals surface area contributed by atoms with Crippen LogP contribution >= 0.6 is 0 Å². The molecule has 1 aliphatic rings. The summed E-state index contributed by atoms with van der Waals surface area (Å²) in [5.41, 5.74) is 9.52. The van der Waals surface area contributed by atoms with Crippen LogP contribution in [-0.2, 0) is 6.42 Å². The van der Waals surface area contributed by atoms with Crippen molar-refractivity contribution in [1.82, 2.24) is 0 Å². The molecule has 0 saturated carbocycles. The molecule has 1 aliphatic heterocycles. The Labute approximate surface area is 118 Å². The highest BCUT2D eigenvalue weighted by molar-refractivity contribution is 5.75. The summed E-state index contributed by atoms with van der Waals surface area (Å²) in [6.45, 7) is 2.61. The number of aryl methyl sites for hydroxylation is 1. The first-order valence-corrected chi connectivity index (χ1v) is 6.94. The average Bonchev–Trinajstić information content (AvgIpc) is 2.81. The molecule has 1 heterocycles. The Bertz CT molecular complexity index is 639. The van der Waals surface area contributed by atoms with Crippen LogP contribution in [0.2, 0.25) is 0 Å². The highest BCUT2D eigenvalue weighted by Gasteiger charge is 2.26. The lowest BCUT2D eigenvalue weighted by molar-refractivity contribution is 0.225. The van der Waals surface area contributed by atoms with Crippen molar-refractivity contribution in [1.29, 1.82) is 0 Å². The van der Waals surface area contributed by atoms with Crippen molar-refractivity contribution in [2.75, 3.05) is 6.54 Å². The third kappa shape index (κ3) is 2.29. The molecule has 3 rings (SSSR count). The van der Waals surface area contributed by atoms with E-state index in [2.05, 4.69) is 0 Å². The number of ether oxygens (including phenoxy) is 1. The molecular formula is C17H18FNO. The van der Waals surface area contributed by atoms with E-state index in [-0.39, 0.29) is 11.9 Å². The van der Waals surface area contributed by atoms with Gasteiger partial charge in [-0.15, -0.1) is 0 Å². The molecule has 0 spiro atoms. The van der Waals surface area contributed by atoms with E-state index < -0.39 is 0 Å². The molecule has 0 amide bonds. The fourth-order valence-electron chi connectivity index (χ4n) is 2.82. The van der Waals surface area contributed by atoms with Crippen molar-refractivity contribution in [2.45, 2.75) is 25.9 Å². The number of halogens is 1. The van der Waals surface area contributed by atoms with Crippen LogP contribution in [0.15, 0.2) is 36.4 Å². The van der Waals surface area contributed by atoms with Crippen LogP contribution in [0.3, 0.4) is 0 Å². The van der Waals surface area contributed by atoms with Gasteiger partial charge in [0, 0.05) is 17.5 Å². The molecule has 0 aliphatic carbocycles. The van der Waals surface area contributed by atoms with Gasteiger partial charge in [0.15, 0.2) is 0 Å². The van der Waals surface area contributed by atoms with Crippen molar-refractivity contribution < 1.29 is 9.13 Å².